The number of nitrogens with one attached hydrogen (secondary N) is 1. The predicted octanol–water partition coefficient (Wildman–Crippen LogP) is 2.39. The molecule has 0 atom stereocenters. The summed E-state index contributed by atoms with van der Waals surface area (Å²) in [7, 11) is 1.72. The van der Waals surface area contributed by atoms with Crippen molar-refractivity contribution in [3.63, 3.8) is 0 Å². The molecule has 1 aromatic heterocycles. The van der Waals surface area contributed by atoms with Crippen LogP contribution in [0.1, 0.15) is 32.8 Å². The summed E-state index contributed by atoms with van der Waals surface area (Å²) in [6.45, 7) is 8.60. The van der Waals surface area contributed by atoms with Gasteiger partial charge in [0, 0.05) is 32.3 Å². The van der Waals surface area contributed by atoms with E-state index in [0.29, 0.717) is 12.5 Å². The summed E-state index contributed by atoms with van der Waals surface area (Å²) < 4.78 is 10.9. The number of methoxy groups -OCH3 is 1. The van der Waals surface area contributed by atoms with Crippen LogP contribution in [0.2, 0.25) is 0 Å². The monoisotopic (exact) mass is 252 g/mol. The summed E-state index contributed by atoms with van der Waals surface area (Å²) in [4.78, 5) is 4.27. The molecule has 0 amide bonds. The van der Waals surface area contributed by atoms with Gasteiger partial charge in [-0.3, -0.25) is 0 Å². The standard InChI is InChI=1S/C14H24N2O2/c1-5-15-10-12-6-7-13(16-11-12)18-9-8-14(2,3)17-4/h6-7,11,15H,5,8-10H2,1-4H3. The van der Waals surface area contributed by atoms with Crippen molar-refractivity contribution in [3.8, 4) is 5.88 Å². The highest BCUT2D eigenvalue weighted by Crippen LogP contribution is 2.14. The molecule has 0 saturated carbocycles. The Labute approximate surface area is 110 Å². The Kier molecular flexibility index (Phi) is 6.09. The maximum Gasteiger partial charge on any atom is 0.213 e. The minimum atomic E-state index is -0.148. The van der Waals surface area contributed by atoms with Crippen molar-refractivity contribution in [1.29, 1.82) is 0 Å². The molecule has 18 heavy (non-hydrogen) atoms. The van der Waals surface area contributed by atoms with E-state index in [9.17, 15) is 0 Å². The van der Waals surface area contributed by atoms with Gasteiger partial charge < -0.3 is 14.8 Å². The SMILES string of the molecule is CCNCc1ccc(OCCC(C)(C)OC)nc1. The Morgan fingerprint density at radius 3 is 2.67 bits per heavy atom. The van der Waals surface area contributed by atoms with Gasteiger partial charge in [0.1, 0.15) is 0 Å². The van der Waals surface area contributed by atoms with Crippen molar-refractivity contribution in [2.24, 2.45) is 0 Å². The third-order valence-electron chi connectivity index (χ3n) is 2.88. The first kappa shape index (κ1) is 14.9. The average Bonchev–Trinajstić information content (AvgIpc) is 2.38. The lowest BCUT2D eigenvalue weighted by Crippen LogP contribution is -2.25. The van der Waals surface area contributed by atoms with Crippen LogP contribution in [0, 0.1) is 0 Å². The minimum Gasteiger partial charge on any atom is -0.478 e. The second-order valence-corrected chi connectivity index (χ2v) is 4.85. The van der Waals surface area contributed by atoms with E-state index in [0.717, 1.165) is 19.5 Å². The molecule has 4 nitrogen and oxygen atoms in total. The summed E-state index contributed by atoms with van der Waals surface area (Å²) in [5.74, 6) is 0.669. The maximum atomic E-state index is 5.59. The highest BCUT2D eigenvalue weighted by molar-refractivity contribution is 5.17. The second kappa shape index (κ2) is 7.34. The van der Waals surface area contributed by atoms with E-state index in [-0.39, 0.29) is 5.60 Å². The normalized spacial score (nSPS) is 11.6. The fourth-order valence-electron chi connectivity index (χ4n) is 1.37. The summed E-state index contributed by atoms with van der Waals surface area (Å²) >= 11 is 0. The number of rotatable bonds is 8. The molecule has 1 heterocycles. The zero-order valence-electron chi connectivity index (χ0n) is 11.8. The van der Waals surface area contributed by atoms with E-state index in [1.165, 1.54) is 5.56 Å². The molecule has 1 rings (SSSR count). The van der Waals surface area contributed by atoms with Gasteiger partial charge in [0.2, 0.25) is 5.88 Å². The number of pyridine rings is 1. The maximum absolute atomic E-state index is 5.59. The van der Waals surface area contributed by atoms with Gasteiger partial charge in [-0.2, -0.15) is 0 Å². The van der Waals surface area contributed by atoms with Gasteiger partial charge in [-0.05, 0) is 26.0 Å². The fourth-order valence-corrected chi connectivity index (χ4v) is 1.37. The summed E-state index contributed by atoms with van der Waals surface area (Å²) in [6, 6.07) is 3.94. The molecule has 4 heteroatoms. The molecule has 0 aromatic carbocycles. The quantitative estimate of drug-likeness (QED) is 0.771. The Hall–Kier alpha value is -1.13. The Morgan fingerprint density at radius 2 is 2.11 bits per heavy atom. The molecular weight excluding hydrogens is 228 g/mol. The third kappa shape index (κ3) is 5.47. The van der Waals surface area contributed by atoms with Crippen LogP contribution in [0.5, 0.6) is 5.88 Å². The van der Waals surface area contributed by atoms with Crippen molar-refractivity contribution in [2.75, 3.05) is 20.3 Å². The summed E-state index contributed by atoms with van der Waals surface area (Å²) in [6.07, 6.45) is 2.68. The summed E-state index contributed by atoms with van der Waals surface area (Å²) in [5, 5.41) is 3.26. The van der Waals surface area contributed by atoms with Crippen molar-refractivity contribution in [1.82, 2.24) is 10.3 Å². The van der Waals surface area contributed by atoms with Gasteiger partial charge in [-0.25, -0.2) is 4.98 Å². The second-order valence-electron chi connectivity index (χ2n) is 4.85. The van der Waals surface area contributed by atoms with Crippen LogP contribution in [0.15, 0.2) is 18.3 Å². The molecule has 0 unspecified atom stereocenters. The van der Waals surface area contributed by atoms with Crippen LogP contribution in [-0.2, 0) is 11.3 Å². The zero-order valence-corrected chi connectivity index (χ0v) is 11.8. The Morgan fingerprint density at radius 1 is 1.33 bits per heavy atom. The first-order valence-electron chi connectivity index (χ1n) is 6.41. The van der Waals surface area contributed by atoms with Crippen LogP contribution in [0.3, 0.4) is 0 Å². The number of aromatic nitrogens is 1. The van der Waals surface area contributed by atoms with Crippen molar-refractivity contribution < 1.29 is 9.47 Å². The van der Waals surface area contributed by atoms with Gasteiger partial charge in [0.05, 0.1) is 12.2 Å². The molecule has 1 N–H and O–H groups in total. The van der Waals surface area contributed by atoms with Crippen LogP contribution in [0.25, 0.3) is 0 Å². The molecule has 0 aliphatic heterocycles. The Balaban J connectivity index is 2.35. The van der Waals surface area contributed by atoms with Gasteiger partial charge in [0.25, 0.3) is 0 Å². The molecule has 0 aliphatic rings. The smallest absolute Gasteiger partial charge is 0.213 e. The first-order valence-corrected chi connectivity index (χ1v) is 6.41. The van der Waals surface area contributed by atoms with Crippen LogP contribution in [0.4, 0.5) is 0 Å². The molecule has 0 aliphatic carbocycles. The van der Waals surface area contributed by atoms with E-state index in [2.05, 4.69) is 17.2 Å². The predicted molar refractivity (Wildman–Crippen MR) is 72.8 cm³/mol. The molecule has 0 fully saturated rings. The van der Waals surface area contributed by atoms with Crippen molar-refractivity contribution >= 4 is 0 Å². The first-order chi connectivity index (χ1) is 8.57. The molecular formula is C14H24N2O2. The lowest BCUT2D eigenvalue weighted by Gasteiger charge is -2.22. The molecule has 1 aromatic rings. The molecule has 0 radical (unpaired) electrons. The van der Waals surface area contributed by atoms with E-state index in [1.54, 1.807) is 7.11 Å². The number of hydrogen-bond donors (Lipinski definition) is 1. The molecule has 0 spiro atoms. The van der Waals surface area contributed by atoms with E-state index >= 15 is 0 Å². The van der Waals surface area contributed by atoms with Crippen molar-refractivity contribution in [3.05, 3.63) is 23.9 Å². The van der Waals surface area contributed by atoms with Crippen LogP contribution in [-0.4, -0.2) is 30.8 Å². The zero-order chi connectivity index (χ0) is 13.4. The number of hydrogen-bond acceptors (Lipinski definition) is 4. The molecule has 0 saturated heterocycles. The average molecular weight is 252 g/mol. The lowest BCUT2D eigenvalue weighted by atomic mass is 10.1. The highest BCUT2D eigenvalue weighted by atomic mass is 16.5. The summed E-state index contributed by atoms with van der Waals surface area (Å²) in [5.41, 5.74) is 1.02. The molecule has 0 bridgehead atoms. The third-order valence-corrected chi connectivity index (χ3v) is 2.88. The fraction of sp³-hybridized carbons (Fsp3) is 0.643. The Bertz CT molecular complexity index is 336. The topological polar surface area (TPSA) is 43.4 Å². The van der Waals surface area contributed by atoms with E-state index in [1.807, 2.05) is 32.2 Å². The van der Waals surface area contributed by atoms with Gasteiger partial charge >= 0.3 is 0 Å². The van der Waals surface area contributed by atoms with Gasteiger partial charge in [-0.1, -0.05) is 13.0 Å². The highest BCUT2D eigenvalue weighted by Gasteiger charge is 2.15. The van der Waals surface area contributed by atoms with Gasteiger partial charge in [0.15, 0.2) is 0 Å². The van der Waals surface area contributed by atoms with Crippen molar-refractivity contribution in [2.45, 2.75) is 39.3 Å². The minimum absolute atomic E-state index is 0.148. The van der Waals surface area contributed by atoms with Gasteiger partial charge in [-0.15, -0.1) is 0 Å². The largest absolute Gasteiger partial charge is 0.478 e. The van der Waals surface area contributed by atoms with Crippen LogP contribution >= 0.6 is 0 Å². The van der Waals surface area contributed by atoms with Crippen LogP contribution < -0.4 is 10.1 Å². The van der Waals surface area contributed by atoms with E-state index < -0.39 is 0 Å². The number of nitrogens with zero attached hydrogens (tertiary/aromatic N) is 1. The number of ether oxygens (including phenoxy) is 2. The van der Waals surface area contributed by atoms with E-state index in [4.69, 9.17) is 9.47 Å². The lowest BCUT2D eigenvalue weighted by molar-refractivity contribution is 0.00508. The molecule has 102 valence electrons.